The lowest BCUT2D eigenvalue weighted by molar-refractivity contribution is -0.133. The van der Waals surface area contributed by atoms with E-state index in [4.69, 9.17) is 9.47 Å². The van der Waals surface area contributed by atoms with Gasteiger partial charge in [-0.1, -0.05) is 12.1 Å². The van der Waals surface area contributed by atoms with Crippen molar-refractivity contribution in [2.45, 2.75) is 38.5 Å². The van der Waals surface area contributed by atoms with Gasteiger partial charge in [0.2, 0.25) is 5.91 Å². The Morgan fingerprint density at radius 2 is 2.46 bits per heavy atom. The highest BCUT2D eigenvalue weighted by Gasteiger charge is 2.19. The molecule has 0 spiro atoms. The zero-order valence-corrected chi connectivity index (χ0v) is 13.9. The molecule has 1 aliphatic heterocycles. The fourth-order valence-corrected chi connectivity index (χ4v) is 2.67. The molecule has 2 heterocycles. The highest BCUT2D eigenvalue weighted by molar-refractivity contribution is 5.80. The molecule has 1 N–H and O–H groups in total. The first kappa shape index (κ1) is 16.7. The van der Waals surface area contributed by atoms with E-state index in [1.807, 2.05) is 35.0 Å². The van der Waals surface area contributed by atoms with E-state index < -0.39 is 6.10 Å². The van der Waals surface area contributed by atoms with Crippen molar-refractivity contribution in [3.05, 3.63) is 48.5 Å². The molecule has 3 rings (SSSR count). The molecular formula is C18H23N3O3. The van der Waals surface area contributed by atoms with Crippen LogP contribution in [0, 0.1) is 0 Å². The number of aromatic nitrogens is 2. The van der Waals surface area contributed by atoms with Crippen molar-refractivity contribution in [2.75, 3.05) is 13.2 Å². The van der Waals surface area contributed by atoms with E-state index in [0.29, 0.717) is 13.2 Å². The predicted octanol–water partition coefficient (Wildman–Crippen LogP) is 2.07. The monoisotopic (exact) mass is 329 g/mol. The van der Waals surface area contributed by atoms with E-state index in [1.54, 1.807) is 19.4 Å². The first-order valence-corrected chi connectivity index (χ1v) is 8.30. The highest BCUT2D eigenvalue weighted by atomic mass is 16.5. The number of nitrogens with one attached hydrogen (secondary N) is 1. The van der Waals surface area contributed by atoms with Crippen LogP contribution in [0.25, 0.3) is 5.69 Å². The average molecular weight is 329 g/mol. The van der Waals surface area contributed by atoms with Crippen molar-refractivity contribution in [2.24, 2.45) is 0 Å². The zero-order chi connectivity index (χ0) is 16.8. The first-order valence-electron chi connectivity index (χ1n) is 8.30. The number of hydrogen-bond acceptors (Lipinski definition) is 4. The van der Waals surface area contributed by atoms with Crippen molar-refractivity contribution in [1.82, 2.24) is 14.9 Å². The smallest absolute Gasteiger partial charge is 0.249 e. The molecule has 0 unspecified atom stereocenters. The molecule has 0 radical (unpaired) electrons. The normalized spacial score (nSPS) is 18.5. The molecular weight excluding hydrogens is 306 g/mol. The van der Waals surface area contributed by atoms with Gasteiger partial charge < -0.3 is 19.4 Å². The van der Waals surface area contributed by atoms with Crippen molar-refractivity contribution >= 4 is 5.91 Å². The summed E-state index contributed by atoms with van der Waals surface area (Å²) in [5.74, 6) is -0.110. The van der Waals surface area contributed by atoms with Gasteiger partial charge in [0.15, 0.2) is 0 Å². The maximum absolute atomic E-state index is 12.1. The number of rotatable bonds is 7. The van der Waals surface area contributed by atoms with Crippen LogP contribution in [0.4, 0.5) is 0 Å². The Morgan fingerprint density at radius 3 is 3.21 bits per heavy atom. The second-order valence-electron chi connectivity index (χ2n) is 5.97. The quantitative estimate of drug-likeness (QED) is 0.844. The summed E-state index contributed by atoms with van der Waals surface area (Å²) in [6.07, 6.45) is 7.11. The zero-order valence-electron chi connectivity index (χ0n) is 13.9. The van der Waals surface area contributed by atoms with Crippen LogP contribution in [0.2, 0.25) is 0 Å². The van der Waals surface area contributed by atoms with E-state index in [1.165, 1.54) is 0 Å². The molecule has 1 amide bonds. The Hall–Kier alpha value is -2.18. The maximum atomic E-state index is 12.1. The van der Waals surface area contributed by atoms with Gasteiger partial charge in [0.05, 0.1) is 19.0 Å². The Labute approximate surface area is 141 Å². The summed E-state index contributed by atoms with van der Waals surface area (Å²) >= 11 is 0. The van der Waals surface area contributed by atoms with Gasteiger partial charge in [-0.3, -0.25) is 4.79 Å². The van der Waals surface area contributed by atoms with Crippen LogP contribution >= 0.6 is 0 Å². The van der Waals surface area contributed by atoms with Gasteiger partial charge in [-0.25, -0.2) is 4.98 Å². The van der Waals surface area contributed by atoms with Crippen LogP contribution in [0.5, 0.6) is 0 Å². The number of ether oxygens (including phenoxy) is 2. The molecule has 128 valence electrons. The minimum absolute atomic E-state index is 0.110. The lowest BCUT2D eigenvalue weighted by Gasteiger charge is -2.16. The third kappa shape index (κ3) is 4.43. The molecule has 6 nitrogen and oxygen atoms in total. The SMILES string of the molecule is C[C@@H](OC[C@H]1CCCO1)C(=O)NCc1cccc(-n2ccnc2)c1. The van der Waals surface area contributed by atoms with Crippen molar-refractivity contribution in [1.29, 1.82) is 0 Å². The summed E-state index contributed by atoms with van der Waals surface area (Å²) in [7, 11) is 0. The summed E-state index contributed by atoms with van der Waals surface area (Å²) < 4.78 is 13.0. The molecule has 6 heteroatoms. The fourth-order valence-electron chi connectivity index (χ4n) is 2.67. The number of carbonyl (C=O) groups is 1. The molecule has 0 bridgehead atoms. The maximum Gasteiger partial charge on any atom is 0.249 e. The van der Waals surface area contributed by atoms with Gasteiger partial charge in [-0.05, 0) is 37.5 Å². The number of carbonyl (C=O) groups excluding carboxylic acids is 1. The largest absolute Gasteiger partial charge is 0.376 e. The number of amides is 1. The van der Waals surface area contributed by atoms with Gasteiger partial charge >= 0.3 is 0 Å². The van der Waals surface area contributed by atoms with E-state index in [-0.39, 0.29) is 12.0 Å². The van der Waals surface area contributed by atoms with E-state index in [9.17, 15) is 4.79 Å². The molecule has 2 atom stereocenters. The van der Waals surface area contributed by atoms with Crippen LogP contribution in [-0.4, -0.2) is 40.9 Å². The Kier molecular flexibility index (Phi) is 5.61. The number of nitrogens with zero attached hydrogens (tertiary/aromatic N) is 2. The standard InChI is InChI=1S/C18H23N3O3/c1-14(24-12-17-6-3-9-23-17)18(22)20-11-15-4-2-5-16(10-15)21-8-7-19-13-21/h2,4-5,7-8,10,13-14,17H,3,6,9,11-12H2,1H3,(H,20,22)/t14-,17-/m1/s1. The summed E-state index contributed by atoms with van der Waals surface area (Å²) in [6, 6.07) is 7.98. The van der Waals surface area contributed by atoms with Crippen molar-refractivity contribution in [3.8, 4) is 5.69 Å². The van der Waals surface area contributed by atoms with Crippen molar-refractivity contribution in [3.63, 3.8) is 0 Å². The van der Waals surface area contributed by atoms with Crippen molar-refractivity contribution < 1.29 is 14.3 Å². The Bertz CT molecular complexity index is 651. The highest BCUT2D eigenvalue weighted by Crippen LogP contribution is 2.13. The molecule has 1 aliphatic rings. The number of hydrogen-bond donors (Lipinski definition) is 1. The third-order valence-electron chi connectivity index (χ3n) is 4.11. The number of imidazole rings is 1. The molecule has 24 heavy (non-hydrogen) atoms. The molecule has 1 fully saturated rings. The lowest BCUT2D eigenvalue weighted by Crippen LogP contribution is -2.35. The van der Waals surface area contributed by atoms with Gasteiger partial charge in [0.1, 0.15) is 6.10 Å². The number of benzene rings is 1. The second kappa shape index (κ2) is 8.08. The molecule has 0 saturated carbocycles. The van der Waals surface area contributed by atoms with Gasteiger partial charge in [-0.15, -0.1) is 0 Å². The second-order valence-corrected chi connectivity index (χ2v) is 5.97. The first-order chi connectivity index (χ1) is 11.7. The van der Waals surface area contributed by atoms with Crippen LogP contribution < -0.4 is 5.32 Å². The van der Waals surface area contributed by atoms with Gasteiger partial charge in [-0.2, -0.15) is 0 Å². The Balaban J connectivity index is 1.47. The molecule has 0 aliphatic carbocycles. The summed E-state index contributed by atoms with van der Waals surface area (Å²) in [6.45, 7) is 3.51. The average Bonchev–Trinajstić information content (AvgIpc) is 3.31. The molecule has 1 aromatic carbocycles. The fraction of sp³-hybridized carbons (Fsp3) is 0.444. The van der Waals surface area contributed by atoms with Crippen LogP contribution in [0.15, 0.2) is 43.0 Å². The Morgan fingerprint density at radius 1 is 1.54 bits per heavy atom. The summed E-state index contributed by atoms with van der Waals surface area (Å²) in [5, 5.41) is 2.92. The molecule has 1 aromatic heterocycles. The third-order valence-corrected chi connectivity index (χ3v) is 4.11. The minimum atomic E-state index is -0.481. The van der Waals surface area contributed by atoms with Gasteiger partial charge in [0.25, 0.3) is 0 Å². The van der Waals surface area contributed by atoms with Gasteiger partial charge in [0, 0.05) is 31.2 Å². The van der Waals surface area contributed by atoms with E-state index >= 15 is 0 Å². The molecule has 1 saturated heterocycles. The van der Waals surface area contributed by atoms with Crippen LogP contribution in [-0.2, 0) is 20.8 Å². The topological polar surface area (TPSA) is 65.4 Å². The van der Waals surface area contributed by atoms with Crippen LogP contribution in [0.1, 0.15) is 25.3 Å². The summed E-state index contributed by atoms with van der Waals surface area (Å²) in [5.41, 5.74) is 2.04. The van der Waals surface area contributed by atoms with Crippen LogP contribution in [0.3, 0.4) is 0 Å². The molecule has 2 aromatic rings. The summed E-state index contributed by atoms with van der Waals surface area (Å²) in [4.78, 5) is 16.2. The predicted molar refractivity (Wildman–Crippen MR) is 89.8 cm³/mol. The van der Waals surface area contributed by atoms with E-state index in [2.05, 4.69) is 10.3 Å². The van der Waals surface area contributed by atoms with E-state index in [0.717, 1.165) is 30.7 Å². The lowest BCUT2D eigenvalue weighted by atomic mass is 10.2. The minimum Gasteiger partial charge on any atom is -0.376 e.